The molecule has 1 fully saturated rings. The minimum absolute atomic E-state index is 0.742. The number of hydrogen-bond acceptors (Lipinski definition) is 2. The van der Waals surface area contributed by atoms with Crippen LogP contribution in [0, 0.1) is 17.2 Å². The molecule has 0 saturated heterocycles. The van der Waals surface area contributed by atoms with Gasteiger partial charge in [-0.25, -0.2) is 0 Å². The van der Waals surface area contributed by atoms with Gasteiger partial charge in [-0.2, -0.15) is 5.26 Å². The average Bonchev–Trinajstić information content (AvgIpc) is 2.83. The van der Waals surface area contributed by atoms with E-state index in [1.807, 2.05) is 24.3 Å². The molecule has 1 heterocycles. The first-order valence-electron chi connectivity index (χ1n) is 7.13. The lowest BCUT2D eigenvalue weighted by Crippen LogP contribution is -2.17. The number of aromatic nitrogens is 1. The maximum Gasteiger partial charge on any atom is 0.122 e. The number of nitrogens with one attached hydrogen (secondary N) is 2. The lowest BCUT2D eigenvalue weighted by molar-refractivity contribution is 0.373. The van der Waals surface area contributed by atoms with E-state index in [1.165, 1.54) is 32.1 Å². The van der Waals surface area contributed by atoms with E-state index in [1.54, 1.807) is 0 Å². The second-order valence-electron chi connectivity index (χ2n) is 5.42. The van der Waals surface area contributed by atoms with Gasteiger partial charge in [-0.1, -0.05) is 37.5 Å². The van der Waals surface area contributed by atoms with Gasteiger partial charge in [-0.3, -0.25) is 0 Å². The number of benzene rings is 1. The Kier molecular flexibility index (Phi) is 3.41. The molecule has 3 nitrogen and oxygen atoms in total. The molecule has 1 aliphatic rings. The molecule has 3 heteroatoms. The van der Waals surface area contributed by atoms with E-state index in [0.717, 1.165) is 34.7 Å². The smallest absolute Gasteiger partial charge is 0.122 e. The van der Waals surface area contributed by atoms with Crippen molar-refractivity contribution in [3.05, 3.63) is 29.8 Å². The van der Waals surface area contributed by atoms with E-state index >= 15 is 0 Å². The summed E-state index contributed by atoms with van der Waals surface area (Å²) >= 11 is 0. The van der Waals surface area contributed by atoms with E-state index in [2.05, 4.69) is 16.4 Å². The molecule has 0 unspecified atom stereocenters. The van der Waals surface area contributed by atoms with Gasteiger partial charge in [0.25, 0.3) is 0 Å². The summed E-state index contributed by atoms with van der Waals surface area (Å²) in [5, 5.41) is 13.8. The molecule has 1 saturated carbocycles. The largest absolute Gasteiger partial charge is 0.370 e. The Morgan fingerprint density at radius 1 is 1.21 bits per heavy atom. The van der Waals surface area contributed by atoms with E-state index in [9.17, 15) is 5.26 Å². The summed E-state index contributed by atoms with van der Waals surface area (Å²) in [6.45, 7) is 0.974. The first-order chi connectivity index (χ1) is 9.38. The number of para-hydroxylation sites is 1. The van der Waals surface area contributed by atoms with Gasteiger partial charge in [0.2, 0.25) is 0 Å². The second kappa shape index (κ2) is 5.36. The first-order valence-corrected chi connectivity index (χ1v) is 7.13. The van der Waals surface area contributed by atoms with Crippen LogP contribution in [0.3, 0.4) is 0 Å². The van der Waals surface area contributed by atoms with Crippen LogP contribution in [0.1, 0.15) is 37.7 Å². The third-order valence-corrected chi connectivity index (χ3v) is 4.11. The van der Waals surface area contributed by atoms with Crippen molar-refractivity contribution >= 4 is 16.7 Å². The molecule has 0 aliphatic heterocycles. The average molecular weight is 253 g/mol. The van der Waals surface area contributed by atoms with Crippen molar-refractivity contribution in [1.29, 1.82) is 5.26 Å². The molecule has 0 amide bonds. The normalized spacial score (nSPS) is 16.4. The highest BCUT2D eigenvalue weighted by atomic mass is 15.0. The SMILES string of the molecule is N#Cc1c(NCC2CCCCC2)[nH]c2ccccc12. The molecule has 0 atom stereocenters. The van der Waals surface area contributed by atoms with Gasteiger partial charge in [0.1, 0.15) is 17.5 Å². The maximum atomic E-state index is 9.33. The molecule has 0 bridgehead atoms. The number of nitrogens with zero attached hydrogens (tertiary/aromatic N) is 1. The number of rotatable bonds is 3. The molecule has 2 N–H and O–H groups in total. The molecule has 1 aromatic heterocycles. The molecular formula is C16H19N3. The quantitative estimate of drug-likeness (QED) is 0.867. The molecule has 3 rings (SSSR count). The molecule has 98 valence electrons. The van der Waals surface area contributed by atoms with E-state index in [4.69, 9.17) is 0 Å². The predicted octanol–water partition coefficient (Wildman–Crippen LogP) is 4.03. The van der Waals surface area contributed by atoms with Gasteiger partial charge in [0.05, 0.1) is 0 Å². The topological polar surface area (TPSA) is 51.6 Å². The molecule has 1 aromatic carbocycles. The van der Waals surface area contributed by atoms with Gasteiger partial charge < -0.3 is 10.3 Å². The van der Waals surface area contributed by atoms with Gasteiger partial charge in [-0.05, 0) is 24.8 Å². The third-order valence-electron chi connectivity index (χ3n) is 4.11. The van der Waals surface area contributed by atoms with Crippen LogP contribution in [0.2, 0.25) is 0 Å². The number of H-pyrrole nitrogens is 1. The Morgan fingerprint density at radius 3 is 2.79 bits per heavy atom. The fourth-order valence-electron chi connectivity index (χ4n) is 3.03. The van der Waals surface area contributed by atoms with Crippen LogP contribution < -0.4 is 5.32 Å². The highest BCUT2D eigenvalue weighted by molar-refractivity contribution is 5.91. The van der Waals surface area contributed by atoms with E-state index in [0.29, 0.717) is 0 Å². The number of anilines is 1. The minimum atomic E-state index is 0.742. The predicted molar refractivity (Wildman–Crippen MR) is 78.1 cm³/mol. The highest BCUT2D eigenvalue weighted by Gasteiger charge is 2.15. The van der Waals surface area contributed by atoms with Crippen LogP contribution in [0.25, 0.3) is 10.9 Å². The third kappa shape index (κ3) is 2.44. The summed E-state index contributed by atoms with van der Waals surface area (Å²) in [6.07, 6.45) is 6.71. The summed E-state index contributed by atoms with van der Waals surface area (Å²) in [6, 6.07) is 10.3. The van der Waals surface area contributed by atoms with Crippen LogP contribution in [-0.4, -0.2) is 11.5 Å². The van der Waals surface area contributed by atoms with Gasteiger partial charge in [-0.15, -0.1) is 0 Å². The number of nitriles is 1. The van der Waals surface area contributed by atoms with Crippen LogP contribution in [0.5, 0.6) is 0 Å². The number of hydrogen-bond donors (Lipinski definition) is 2. The summed E-state index contributed by atoms with van der Waals surface area (Å²) in [4.78, 5) is 3.32. The van der Waals surface area contributed by atoms with Crippen molar-refractivity contribution in [2.45, 2.75) is 32.1 Å². The summed E-state index contributed by atoms with van der Waals surface area (Å²) < 4.78 is 0. The Morgan fingerprint density at radius 2 is 2.00 bits per heavy atom. The monoisotopic (exact) mass is 253 g/mol. The Balaban J connectivity index is 1.78. The van der Waals surface area contributed by atoms with Crippen molar-refractivity contribution in [3.8, 4) is 6.07 Å². The summed E-state index contributed by atoms with van der Waals surface area (Å²) in [7, 11) is 0. The zero-order valence-electron chi connectivity index (χ0n) is 11.1. The fourth-order valence-corrected chi connectivity index (χ4v) is 3.03. The fraction of sp³-hybridized carbons (Fsp3) is 0.438. The van der Waals surface area contributed by atoms with Gasteiger partial charge in [0, 0.05) is 17.4 Å². The molecule has 1 aliphatic carbocycles. The van der Waals surface area contributed by atoms with Crippen LogP contribution in [0.15, 0.2) is 24.3 Å². The van der Waals surface area contributed by atoms with Crippen LogP contribution in [0.4, 0.5) is 5.82 Å². The number of fused-ring (bicyclic) bond motifs is 1. The van der Waals surface area contributed by atoms with Crippen LogP contribution in [-0.2, 0) is 0 Å². The maximum absolute atomic E-state index is 9.33. The zero-order chi connectivity index (χ0) is 13.1. The van der Waals surface area contributed by atoms with Gasteiger partial charge >= 0.3 is 0 Å². The van der Waals surface area contributed by atoms with Crippen LogP contribution >= 0.6 is 0 Å². The van der Waals surface area contributed by atoms with E-state index in [-0.39, 0.29) is 0 Å². The molecule has 2 aromatic rings. The molecule has 0 radical (unpaired) electrons. The van der Waals surface area contributed by atoms with Gasteiger partial charge in [0.15, 0.2) is 0 Å². The van der Waals surface area contributed by atoms with Crippen molar-refractivity contribution < 1.29 is 0 Å². The van der Waals surface area contributed by atoms with Crippen molar-refractivity contribution in [2.24, 2.45) is 5.92 Å². The Labute approximate surface area is 113 Å². The standard InChI is InChI=1S/C16H19N3/c17-10-14-13-8-4-5-9-15(13)19-16(14)18-11-12-6-2-1-3-7-12/h4-5,8-9,12,18-19H,1-3,6-7,11H2. The minimum Gasteiger partial charge on any atom is -0.370 e. The van der Waals surface area contributed by atoms with Crippen molar-refractivity contribution in [2.75, 3.05) is 11.9 Å². The van der Waals surface area contributed by atoms with E-state index < -0.39 is 0 Å². The molecule has 0 spiro atoms. The summed E-state index contributed by atoms with van der Waals surface area (Å²) in [5.74, 6) is 1.64. The second-order valence-corrected chi connectivity index (χ2v) is 5.42. The van der Waals surface area contributed by atoms with Crippen molar-refractivity contribution in [3.63, 3.8) is 0 Å². The Bertz CT molecular complexity index is 600. The zero-order valence-corrected chi connectivity index (χ0v) is 11.1. The lowest BCUT2D eigenvalue weighted by Gasteiger charge is -2.21. The Hall–Kier alpha value is -1.95. The first kappa shape index (κ1) is 12.1. The lowest BCUT2D eigenvalue weighted by atomic mass is 9.89. The van der Waals surface area contributed by atoms with Crippen molar-refractivity contribution in [1.82, 2.24) is 4.98 Å². The molecular weight excluding hydrogens is 234 g/mol. The summed E-state index contributed by atoms with van der Waals surface area (Å²) in [5.41, 5.74) is 1.77. The highest BCUT2D eigenvalue weighted by Crippen LogP contribution is 2.27. The molecule has 19 heavy (non-hydrogen) atoms. The number of aromatic amines is 1.